The topological polar surface area (TPSA) is 229 Å². The van der Waals surface area contributed by atoms with E-state index in [9.17, 15) is 19.2 Å². The first-order valence-corrected chi connectivity index (χ1v) is 19.4. The van der Waals surface area contributed by atoms with Crippen LogP contribution in [0.3, 0.4) is 0 Å². The van der Waals surface area contributed by atoms with Gasteiger partial charge in [-0.2, -0.15) is 0 Å². The van der Waals surface area contributed by atoms with Gasteiger partial charge in [0.05, 0.1) is 24.6 Å². The van der Waals surface area contributed by atoms with Crippen molar-refractivity contribution in [1.82, 2.24) is 20.6 Å². The minimum atomic E-state index is -0.736. The molecule has 0 bridgehead atoms. The first kappa shape index (κ1) is 43.0. The Labute approximate surface area is 333 Å². The Balaban J connectivity index is 0.000000180. The molecule has 2 aromatic heterocycles. The highest BCUT2D eigenvalue weighted by Gasteiger charge is 2.28. The highest BCUT2D eigenvalue weighted by Crippen LogP contribution is 2.43. The van der Waals surface area contributed by atoms with Gasteiger partial charge in [-0.15, -0.1) is 35.5 Å². The number of rotatable bonds is 2. The van der Waals surface area contributed by atoms with Gasteiger partial charge in [0.25, 0.3) is 11.8 Å². The Hall–Kier alpha value is -5.78. The molecular formula is C40H44N6O8S2. The van der Waals surface area contributed by atoms with Crippen molar-refractivity contribution in [1.29, 1.82) is 0 Å². The van der Waals surface area contributed by atoms with Crippen LogP contribution in [0.1, 0.15) is 92.9 Å². The Morgan fingerprint density at radius 1 is 0.750 bits per heavy atom. The lowest BCUT2D eigenvalue weighted by Gasteiger charge is -2.08. The van der Waals surface area contributed by atoms with Crippen molar-refractivity contribution in [2.45, 2.75) is 64.6 Å². The molecule has 0 radical (unpaired) electrons. The number of nitrogens with zero attached hydrogens (tertiary/aromatic N) is 2. The van der Waals surface area contributed by atoms with E-state index in [1.807, 2.05) is 64.1 Å². The molecule has 0 saturated carbocycles. The summed E-state index contributed by atoms with van der Waals surface area (Å²) in [6.45, 7) is 10.4. The summed E-state index contributed by atoms with van der Waals surface area (Å²) in [7, 11) is 0. The SMILES string of the molecule is C#Cc1ccc2c(c1)-c1nc(C(N)=O)sc1C(C)CO2.C#Cc1ccc2c(c1)-c1nc(C(N)=O)sc1C(C)CO2.CC.O=C1NCCC1O.O=C1NCCC1O. The number of fused-ring (bicyclic) bond motifs is 6. The number of primary amides is 2. The van der Waals surface area contributed by atoms with Crippen LogP contribution in [0, 0.1) is 24.7 Å². The molecule has 14 nitrogen and oxygen atoms in total. The number of hydrogen-bond acceptors (Lipinski definition) is 12. The smallest absolute Gasteiger partial charge is 0.277 e. The first-order valence-electron chi connectivity index (χ1n) is 17.8. The van der Waals surface area contributed by atoms with E-state index in [-0.39, 0.29) is 23.7 Å². The summed E-state index contributed by atoms with van der Waals surface area (Å²) in [5.41, 5.74) is 15.3. The highest BCUT2D eigenvalue weighted by atomic mass is 32.1. The zero-order chi connectivity index (χ0) is 41.1. The standard InChI is InChI=1S/2C15H12N2O2S.2C4H7NO2.C2H6/c2*1-3-9-4-5-11-10(6-9)12-13(8(2)7-19-11)20-15(17-12)14(16)18;2*6-3-1-2-5-4(3)7;1-2/h2*1,4-6,8H,7H2,2H3,(H2,16,18);2*3,6H,1-2H2,(H,5,7);1-2H3. The summed E-state index contributed by atoms with van der Waals surface area (Å²) < 4.78 is 11.6. The molecule has 4 atom stereocenters. The second kappa shape index (κ2) is 19.7. The number of carbonyl (C=O) groups is 4. The predicted molar refractivity (Wildman–Crippen MR) is 214 cm³/mol. The summed E-state index contributed by atoms with van der Waals surface area (Å²) >= 11 is 2.65. The van der Waals surface area contributed by atoms with Crippen molar-refractivity contribution in [3.8, 4) is 58.7 Å². The van der Waals surface area contributed by atoms with Crippen molar-refractivity contribution in [3.05, 3.63) is 67.3 Å². The van der Waals surface area contributed by atoms with E-state index in [0.29, 0.717) is 49.2 Å². The van der Waals surface area contributed by atoms with Crippen molar-refractivity contribution >= 4 is 46.3 Å². The monoisotopic (exact) mass is 800 g/mol. The van der Waals surface area contributed by atoms with Crippen LogP contribution in [-0.2, 0) is 9.59 Å². The van der Waals surface area contributed by atoms with Gasteiger partial charge in [-0.3, -0.25) is 19.2 Å². The molecule has 16 heteroatoms. The van der Waals surface area contributed by atoms with Gasteiger partial charge in [0.15, 0.2) is 10.0 Å². The van der Waals surface area contributed by atoms with Gasteiger partial charge in [-0.05, 0) is 49.2 Å². The van der Waals surface area contributed by atoms with Crippen molar-refractivity contribution in [2.75, 3.05) is 26.3 Å². The van der Waals surface area contributed by atoms with Crippen LogP contribution in [0.5, 0.6) is 11.5 Å². The third-order valence-corrected chi connectivity index (χ3v) is 11.0. The number of thiazole rings is 2. The highest BCUT2D eigenvalue weighted by molar-refractivity contribution is 7.14. The first-order chi connectivity index (χ1) is 26.8. The number of hydrogen-bond donors (Lipinski definition) is 6. The molecule has 4 aromatic rings. The van der Waals surface area contributed by atoms with Crippen molar-refractivity contribution < 1.29 is 38.9 Å². The Kier molecular flexibility index (Phi) is 15.1. The Bertz CT molecular complexity index is 2020. The van der Waals surface area contributed by atoms with E-state index in [0.717, 1.165) is 54.9 Å². The molecule has 4 amide bonds. The third-order valence-electron chi connectivity index (χ3n) is 8.44. The zero-order valence-electron chi connectivity index (χ0n) is 31.4. The van der Waals surface area contributed by atoms with Crippen molar-refractivity contribution in [2.24, 2.45) is 11.5 Å². The largest absolute Gasteiger partial charge is 0.492 e. The van der Waals surface area contributed by atoms with E-state index in [1.54, 1.807) is 0 Å². The fourth-order valence-corrected chi connectivity index (χ4v) is 7.47. The van der Waals surface area contributed by atoms with E-state index in [1.165, 1.54) is 22.7 Å². The fraction of sp³-hybridized carbons (Fsp3) is 0.350. The van der Waals surface area contributed by atoms with Crippen LogP contribution in [0.2, 0.25) is 0 Å². The number of aliphatic hydroxyl groups excluding tert-OH is 2. The molecule has 4 aliphatic rings. The number of nitrogens with one attached hydrogen (secondary N) is 2. The van der Waals surface area contributed by atoms with Gasteiger partial charge in [-0.25, -0.2) is 9.97 Å². The summed E-state index contributed by atoms with van der Waals surface area (Å²) in [6, 6.07) is 11.1. The number of aromatic nitrogens is 2. The normalized spacial score (nSPS) is 19.4. The van der Waals surface area contributed by atoms with E-state index < -0.39 is 24.0 Å². The Morgan fingerprint density at radius 3 is 1.39 bits per heavy atom. The molecule has 2 fully saturated rings. The summed E-state index contributed by atoms with van der Waals surface area (Å²) in [5.74, 6) is 5.47. The molecule has 2 aromatic carbocycles. The molecule has 0 aliphatic carbocycles. The van der Waals surface area contributed by atoms with Crippen LogP contribution >= 0.6 is 22.7 Å². The maximum atomic E-state index is 11.4. The molecule has 8 rings (SSSR count). The van der Waals surface area contributed by atoms with Crippen LogP contribution in [-0.4, -0.2) is 82.3 Å². The summed E-state index contributed by atoms with van der Waals surface area (Å²) in [4.78, 5) is 53.9. The lowest BCUT2D eigenvalue weighted by Crippen LogP contribution is -2.21. The third kappa shape index (κ3) is 10.3. The lowest BCUT2D eigenvalue weighted by atomic mass is 10.0. The van der Waals surface area contributed by atoms with E-state index in [4.69, 9.17) is 44.0 Å². The minimum Gasteiger partial charge on any atom is -0.492 e. The summed E-state index contributed by atoms with van der Waals surface area (Å²) in [5, 5.41) is 22.8. The molecule has 56 heavy (non-hydrogen) atoms. The summed E-state index contributed by atoms with van der Waals surface area (Å²) in [6.07, 6.45) is 10.5. The average Bonchev–Trinajstić information content (AvgIpc) is 4.00. The maximum absolute atomic E-state index is 11.4. The van der Waals surface area contributed by atoms with Gasteiger partial charge >= 0.3 is 0 Å². The lowest BCUT2D eigenvalue weighted by molar-refractivity contribution is -0.126. The van der Waals surface area contributed by atoms with Gasteiger partial charge in [0, 0.05) is 56.9 Å². The van der Waals surface area contributed by atoms with E-state index in [2.05, 4.69) is 32.4 Å². The van der Waals surface area contributed by atoms with Gasteiger partial charge in [0.1, 0.15) is 23.7 Å². The Morgan fingerprint density at radius 2 is 1.12 bits per heavy atom. The van der Waals surface area contributed by atoms with Crippen LogP contribution in [0.4, 0.5) is 0 Å². The number of ether oxygens (including phenoxy) is 2. The molecule has 4 unspecified atom stereocenters. The van der Waals surface area contributed by atoms with Crippen LogP contribution in [0.15, 0.2) is 36.4 Å². The zero-order valence-corrected chi connectivity index (χ0v) is 33.0. The molecule has 0 spiro atoms. The van der Waals surface area contributed by atoms with Crippen LogP contribution < -0.4 is 31.6 Å². The number of nitrogens with two attached hydrogens (primary N) is 2. The van der Waals surface area contributed by atoms with Crippen LogP contribution in [0.25, 0.3) is 22.5 Å². The average molecular weight is 801 g/mol. The second-order valence-corrected chi connectivity index (χ2v) is 14.6. The molecule has 2 saturated heterocycles. The maximum Gasteiger partial charge on any atom is 0.277 e. The molecule has 8 N–H and O–H groups in total. The number of aliphatic hydroxyl groups is 2. The predicted octanol–water partition coefficient (Wildman–Crippen LogP) is 3.53. The van der Waals surface area contributed by atoms with Gasteiger partial charge in [-0.1, -0.05) is 39.5 Å². The number of carbonyl (C=O) groups excluding carboxylic acids is 4. The molecule has 294 valence electrons. The molecule has 6 heterocycles. The quantitative estimate of drug-likeness (QED) is 0.162. The van der Waals surface area contributed by atoms with Crippen molar-refractivity contribution in [3.63, 3.8) is 0 Å². The second-order valence-electron chi connectivity index (χ2n) is 12.5. The van der Waals surface area contributed by atoms with Gasteiger partial charge < -0.3 is 41.8 Å². The number of benzene rings is 2. The number of amides is 4. The van der Waals surface area contributed by atoms with Gasteiger partial charge in [0.2, 0.25) is 11.8 Å². The fourth-order valence-electron chi connectivity index (χ4n) is 5.53. The van der Waals surface area contributed by atoms with E-state index >= 15 is 0 Å². The molecule has 4 aliphatic heterocycles. The minimum absolute atomic E-state index is 0.150. The number of terminal acetylenes is 2. The molecular weight excluding hydrogens is 757 g/mol.